The normalized spacial score (nSPS) is 14.2. The number of fused-ring (bicyclic) bond motifs is 1. The van der Waals surface area contributed by atoms with E-state index in [1.54, 1.807) is 22.2 Å². The minimum atomic E-state index is -1.13. The van der Waals surface area contributed by atoms with Crippen LogP contribution >= 0.6 is 11.3 Å². The van der Waals surface area contributed by atoms with E-state index in [4.69, 9.17) is 14.5 Å². The summed E-state index contributed by atoms with van der Waals surface area (Å²) in [6.45, 7) is 10.2. The van der Waals surface area contributed by atoms with Crippen LogP contribution in [-0.4, -0.2) is 42.0 Å². The van der Waals surface area contributed by atoms with E-state index < -0.39 is 8.07 Å². The molecule has 0 N–H and O–H groups in total. The summed E-state index contributed by atoms with van der Waals surface area (Å²) in [6, 6.07) is 1.10. The van der Waals surface area contributed by atoms with Crippen molar-refractivity contribution in [3.8, 4) is 10.7 Å². The number of aromatic nitrogens is 3. The summed E-state index contributed by atoms with van der Waals surface area (Å²) in [7, 11) is -1.13. The third-order valence-electron chi connectivity index (χ3n) is 4.53. The van der Waals surface area contributed by atoms with Gasteiger partial charge in [0.15, 0.2) is 0 Å². The number of esters is 1. The van der Waals surface area contributed by atoms with Gasteiger partial charge in [-0.3, -0.25) is 0 Å². The Hall–Kier alpha value is -1.51. The highest BCUT2D eigenvalue weighted by atomic mass is 32.1. The van der Waals surface area contributed by atoms with Crippen molar-refractivity contribution >= 4 is 25.4 Å². The van der Waals surface area contributed by atoms with Gasteiger partial charge in [0.1, 0.15) is 23.0 Å². The molecule has 1 aliphatic rings. The second kappa shape index (κ2) is 8.66. The SMILES string of the molecule is CCOC(=O)c1cn(COCC[Si](C)(C)C)nc1-c1nc2c(s1)CCCC2. The zero-order valence-electron chi connectivity index (χ0n) is 16.7. The fourth-order valence-corrected chi connectivity index (χ4v) is 4.90. The Balaban J connectivity index is 1.79. The van der Waals surface area contributed by atoms with Crippen LogP contribution in [0, 0.1) is 0 Å². The highest BCUT2D eigenvalue weighted by molar-refractivity contribution is 7.15. The Morgan fingerprint density at radius 2 is 2.07 bits per heavy atom. The van der Waals surface area contributed by atoms with Gasteiger partial charge in [0, 0.05) is 25.8 Å². The monoisotopic (exact) mass is 407 g/mol. The van der Waals surface area contributed by atoms with Crippen molar-refractivity contribution in [1.29, 1.82) is 0 Å². The van der Waals surface area contributed by atoms with Gasteiger partial charge in [0.2, 0.25) is 0 Å². The average molecular weight is 408 g/mol. The molecule has 0 spiro atoms. The lowest BCUT2D eigenvalue weighted by atomic mass is 10.0. The van der Waals surface area contributed by atoms with Crippen LogP contribution in [0.2, 0.25) is 25.7 Å². The van der Waals surface area contributed by atoms with Crippen molar-refractivity contribution < 1.29 is 14.3 Å². The van der Waals surface area contributed by atoms with Crippen LogP contribution in [0.4, 0.5) is 0 Å². The van der Waals surface area contributed by atoms with E-state index in [1.165, 1.54) is 17.7 Å². The molecule has 2 aromatic heterocycles. The number of rotatable bonds is 8. The molecule has 0 saturated heterocycles. The van der Waals surface area contributed by atoms with E-state index in [1.807, 2.05) is 6.92 Å². The molecular weight excluding hydrogens is 378 g/mol. The van der Waals surface area contributed by atoms with Crippen LogP contribution in [0.5, 0.6) is 0 Å². The predicted molar refractivity (Wildman–Crippen MR) is 110 cm³/mol. The first-order valence-corrected chi connectivity index (χ1v) is 14.2. The molecule has 0 aliphatic heterocycles. The maximum absolute atomic E-state index is 12.4. The van der Waals surface area contributed by atoms with Crippen LogP contribution < -0.4 is 0 Å². The third-order valence-corrected chi connectivity index (χ3v) is 7.39. The lowest BCUT2D eigenvalue weighted by molar-refractivity contribution is 0.0525. The molecule has 2 aromatic rings. The highest BCUT2D eigenvalue weighted by Gasteiger charge is 2.24. The second-order valence-corrected chi connectivity index (χ2v) is 14.8. The largest absolute Gasteiger partial charge is 0.462 e. The molecule has 0 unspecified atom stereocenters. The fourth-order valence-electron chi connectivity index (χ4n) is 2.99. The fraction of sp³-hybridized carbons (Fsp3) is 0.632. The van der Waals surface area contributed by atoms with E-state index in [0.717, 1.165) is 29.6 Å². The molecule has 148 valence electrons. The summed E-state index contributed by atoms with van der Waals surface area (Å²) in [5.41, 5.74) is 2.25. The number of hydrogen-bond donors (Lipinski definition) is 0. The lowest BCUT2D eigenvalue weighted by Gasteiger charge is -2.15. The quantitative estimate of drug-likeness (QED) is 0.369. The second-order valence-electron chi connectivity index (χ2n) is 8.10. The molecule has 3 rings (SSSR count). The van der Waals surface area contributed by atoms with Crippen LogP contribution in [0.3, 0.4) is 0 Å². The number of carbonyl (C=O) groups is 1. The van der Waals surface area contributed by atoms with Crippen LogP contribution in [-0.2, 0) is 29.0 Å². The van der Waals surface area contributed by atoms with E-state index in [9.17, 15) is 4.79 Å². The van der Waals surface area contributed by atoms with Gasteiger partial charge in [0.05, 0.1) is 12.3 Å². The molecule has 27 heavy (non-hydrogen) atoms. The molecular formula is C19H29N3O3SSi. The zero-order chi connectivity index (χ0) is 19.4. The number of hydrogen-bond acceptors (Lipinski definition) is 6. The Kier molecular flexibility index (Phi) is 6.49. The highest BCUT2D eigenvalue weighted by Crippen LogP contribution is 2.33. The van der Waals surface area contributed by atoms with Crippen molar-refractivity contribution in [2.75, 3.05) is 13.2 Å². The zero-order valence-corrected chi connectivity index (χ0v) is 18.5. The molecule has 0 saturated carbocycles. The maximum Gasteiger partial charge on any atom is 0.342 e. The molecule has 0 amide bonds. The molecule has 8 heteroatoms. The maximum atomic E-state index is 12.4. The van der Waals surface area contributed by atoms with Crippen LogP contribution in [0.15, 0.2) is 6.20 Å². The molecule has 0 radical (unpaired) electrons. The van der Waals surface area contributed by atoms with Gasteiger partial charge in [-0.1, -0.05) is 19.6 Å². The standard InChI is InChI=1S/C19H29N3O3SSi/c1-5-25-19(23)14-12-22(13-24-10-11-27(2,3)4)21-17(14)18-20-15-8-6-7-9-16(15)26-18/h12H,5-11,13H2,1-4H3. The first-order valence-electron chi connectivity index (χ1n) is 9.68. The van der Waals surface area contributed by atoms with Crippen molar-refractivity contribution in [3.63, 3.8) is 0 Å². The van der Waals surface area contributed by atoms with Gasteiger partial charge in [-0.15, -0.1) is 11.3 Å². The molecule has 0 aromatic carbocycles. The summed E-state index contributed by atoms with van der Waals surface area (Å²) in [5, 5.41) is 5.42. The van der Waals surface area contributed by atoms with Crippen LogP contribution in [0.1, 0.15) is 40.7 Å². The average Bonchev–Trinajstić information content (AvgIpc) is 3.22. The molecule has 0 fully saturated rings. The van der Waals surface area contributed by atoms with Crippen molar-refractivity contribution in [2.24, 2.45) is 0 Å². The molecule has 0 atom stereocenters. The summed E-state index contributed by atoms with van der Waals surface area (Å²) in [6.07, 6.45) is 6.20. The Bertz CT molecular complexity index is 771. The molecule has 2 heterocycles. The summed E-state index contributed by atoms with van der Waals surface area (Å²) < 4.78 is 12.7. The minimum Gasteiger partial charge on any atom is -0.462 e. The third kappa shape index (κ3) is 5.27. The van der Waals surface area contributed by atoms with Gasteiger partial charge in [-0.25, -0.2) is 14.5 Å². The van der Waals surface area contributed by atoms with Crippen LogP contribution in [0.25, 0.3) is 10.7 Å². The smallest absolute Gasteiger partial charge is 0.342 e. The number of ether oxygens (including phenoxy) is 2. The van der Waals surface area contributed by atoms with Gasteiger partial charge in [0.25, 0.3) is 0 Å². The summed E-state index contributed by atoms with van der Waals surface area (Å²) in [4.78, 5) is 18.5. The van der Waals surface area contributed by atoms with Gasteiger partial charge >= 0.3 is 5.97 Å². The lowest BCUT2D eigenvalue weighted by Crippen LogP contribution is -2.22. The predicted octanol–water partition coefficient (Wildman–Crippen LogP) is 4.37. The number of nitrogens with zero attached hydrogens (tertiary/aromatic N) is 3. The number of thiazole rings is 1. The minimum absolute atomic E-state index is 0.335. The molecule has 6 nitrogen and oxygen atoms in total. The van der Waals surface area contributed by atoms with E-state index in [-0.39, 0.29) is 5.97 Å². The molecule has 0 bridgehead atoms. The van der Waals surface area contributed by atoms with Gasteiger partial charge in [-0.2, -0.15) is 5.10 Å². The first-order chi connectivity index (χ1) is 12.9. The summed E-state index contributed by atoms with van der Waals surface area (Å²) in [5.74, 6) is -0.353. The molecule has 1 aliphatic carbocycles. The van der Waals surface area contributed by atoms with Crippen molar-refractivity contribution in [1.82, 2.24) is 14.8 Å². The van der Waals surface area contributed by atoms with E-state index >= 15 is 0 Å². The topological polar surface area (TPSA) is 66.2 Å². The first kappa shape index (κ1) is 20.2. The van der Waals surface area contributed by atoms with E-state index in [2.05, 4.69) is 24.7 Å². The summed E-state index contributed by atoms with van der Waals surface area (Å²) >= 11 is 1.65. The Morgan fingerprint density at radius 1 is 1.30 bits per heavy atom. The van der Waals surface area contributed by atoms with Gasteiger partial charge < -0.3 is 9.47 Å². The van der Waals surface area contributed by atoms with Crippen molar-refractivity contribution in [3.05, 3.63) is 22.3 Å². The van der Waals surface area contributed by atoms with Crippen molar-refractivity contribution in [2.45, 2.75) is 65.0 Å². The number of carbonyl (C=O) groups excluding carboxylic acids is 1. The van der Waals surface area contributed by atoms with E-state index in [0.29, 0.717) is 31.2 Å². The Morgan fingerprint density at radius 3 is 2.78 bits per heavy atom. The Labute approximate surface area is 165 Å². The number of aryl methyl sites for hydroxylation is 2. The van der Waals surface area contributed by atoms with Gasteiger partial charge in [-0.05, 0) is 38.7 Å².